The number of nitrogens with one attached hydrogen (secondary N) is 3. The Morgan fingerprint density at radius 2 is 1.77 bits per heavy atom. The first-order valence-electron chi connectivity index (χ1n) is 11.3. The summed E-state index contributed by atoms with van der Waals surface area (Å²) < 4.78 is 5.96. The number of amides is 3. The molecule has 35 heavy (non-hydrogen) atoms. The van der Waals surface area contributed by atoms with Crippen LogP contribution < -0.4 is 20.7 Å². The molecule has 1 atom stereocenters. The molecule has 1 aliphatic rings. The van der Waals surface area contributed by atoms with Crippen LogP contribution in [0.4, 0.5) is 22.0 Å². The normalized spacial score (nSPS) is 13.2. The number of pyridine rings is 1. The zero-order chi connectivity index (χ0) is 25.2. The highest BCUT2D eigenvalue weighted by molar-refractivity contribution is 7.18. The molecule has 182 valence electrons. The number of benzene rings is 2. The maximum Gasteiger partial charge on any atom is 0.323 e. The molecule has 0 aliphatic heterocycles. The zero-order valence-electron chi connectivity index (χ0n) is 19.8. The highest BCUT2D eigenvalue weighted by Gasteiger charge is 2.29. The second kappa shape index (κ2) is 10.2. The van der Waals surface area contributed by atoms with Crippen molar-refractivity contribution in [1.82, 2.24) is 4.98 Å². The summed E-state index contributed by atoms with van der Waals surface area (Å²) in [5, 5.41) is 8.95. The minimum absolute atomic E-state index is 0.0171. The second-order valence-corrected chi connectivity index (χ2v) is 11.1. The summed E-state index contributed by atoms with van der Waals surface area (Å²) >= 11 is 6.32. The lowest BCUT2D eigenvalue weighted by atomic mass is 10.0. The molecule has 1 saturated carbocycles. The summed E-state index contributed by atoms with van der Waals surface area (Å²) in [5.41, 5.74) is 3.04. The minimum Gasteiger partial charge on any atom is -0.457 e. The third kappa shape index (κ3) is 6.71. The average molecular weight is 511 g/mol. The summed E-state index contributed by atoms with van der Waals surface area (Å²) in [6.45, 7) is 5.96. The van der Waals surface area contributed by atoms with Crippen molar-refractivity contribution in [3.63, 3.8) is 0 Å². The van der Waals surface area contributed by atoms with Gasteiger partial charge in [0, 0.05) is 45.8 Å². The topological polar surface area (TPSA) is 92.3 Å². The third-order valence-corrected chi connectivity index (χ3v) is 6.18. The quantitative estimate of drug-likeness (QED) is 0.300. The Labute approximate surface area is 212 Å². The number of aryl methyl sites for hydroxylation is 1. The van der Waals surface area contributed by atoms with Gasteiger partial charge in [0.25, 0.3) is 0 Å². The molecule has 1 aromatic heterocycles. The number of carbonyl (C=O) groups is 2. The number of ether oxygens (including phenoxy) is 1. The van der Waals surface area contributed by atoms with E-state index in [0.717, 1.165) is 24.0 Å². The molecule has 7 nitrogen and oxygen atoms in total. The van der Waals surface area contributed by atoms with Crippen LogP contribution in [0.3, 0.4) is 0 Å². The van der Waals surface area contributed by atoms with E-state index in [9.17, 15) is 9.59 Å². The number of rotatable bonds is 7. The van der Waals surface area contributed by atoms with Gasteiger partial charge in [-0.2, -0.15) is 0 Å². The highest BCUT2D eigenvalue weighted by Crippen LogP contribution is 2.37. The summed E-state index contributed by atoms with van der Waals surface area (Å²) in [6, 6.07) is 13.8. The molecule has 3 amide bonds. The SMILES string of the molecule is Cc1ccc(Oc2ccnc(NC(=O)C3CC3)c2)cc1NC(=O)Nc1ccc(Cl)c(C(C)(C)P)c1. The smallest absolute Gasteiger partial charge is 0.323 e. The minimum atomic E-state index is -0.380. The molecule has 2 aromatic carbocycles. The molecule has 4 rings (SSSR count). The average Bonchev–Trinajstić information content (AvgIpc) is 3.62. The van der Waals surface area contributed by atoms with Crippen LogP contribution in [-0.4, -0.2) is 16.9 Å². The van der Waals surface area contributed by atoms with Crippen molar-refractivity contribution in [3.05, 3.63) is 70.9 Å². The molecule has 1 unspecified atom stereocenters. The number of aromatic nitrogens is 1. The molecule has 0 bridgehead atoms. The number of hydrogen-bond acceptors (Lipinski definition) is 4. The Morgan fingerprint density at radius 3 is 2.49 bits per heavy atom. The van der Waals surface area contributed by atoms with Crippen molar-refractivity contribution >= 4 is 50.0 Å². The summed E-state index contributed by atoms with van der Waals surface area (Å²) in [4.78, 5) is 28.9. The molecule has 3 aromatic rings. The number of urea groups is 1. The fraction of sp³-hybridized carbons (Fsp3) is 0.269. The fourth-order valence-corrected chi connectivity index (χ4v) is 4.13. The molecule has 9 heteroatoms. The first-order chi connectivity index (χ1) is 16.6. The van der Waals surface area contributed by atoms with E-state index < -0.39 is 0 Å². The van der Waals surface area contributed by atoms with Gasteiger partial charge in [0.1, 0.15) is 17.3 Å². The number of halogens is 1. The van der Waals surface area contributed by atoms with Crippen LogP contribution in [0, 0.1) is 12.8 Å². The number of anilines is 3. The number of hydrogen-bond donors (Lipinski definition) is 3. The molecule has 1 aliphatic carbocycles. The molecule has 0 radical (unpaired) electrons. The lowest BCUT2D eigenvalue weighted by molar-refractivity contribution is -0.117. The van der Waals surface area contributed by atoms with Crippen molar-refractivity contribution < 1.29 is 14.3 Å². The second-order valence-electron chi connectivity index (χ2n) is 9.21. The van der Waals surface area contributed by atoms with Crippen LogP contribution in [-0.2, 0) is 9.95 Å². The summed E-state index contributed by atoms with van der Waals surface area (Å²) in [7, 11) is 2.75. The van der Waals surface area contributed by atoms with Gasteiger partial charge < -0.3 is 20.7 Å². The van der Waals surface area contributed by atoms with E-state index in [4.69, 9.17) is 16.3 Å². The summed E-state index contributed by atoms with van der Waals surface area (Å²) in [5.74, 6) is 1.58. The van der Waals surface area contributed by atoms with E-state index in [1.165, 1.54) is 0 Å². The molecule has 3 N–H and O–H groups in total. The van der Waals surface area contributed by atoms with Crippen molar-refractivity contribution in [2.45, 2.75) is 38.8 Å². The van der Waals surface area contributed by atoms with Crippen LogP contribution in [0.15, 0.2) is 54.7 Å². The Kier molecular flexibility index (Phi) is 7.29. The van der Waals surface area contributed by atoms with E-state index in [-0.39, 0.29) is 23.0 Å². The van der Waals surface area contributed by atoms with Gasteiger partial charge >= 0.3 is 6.03 Å². The van der Waals surface area contributed by atoms with Gasteiger partial charge in [0.15, 0.2) is 0 Å². The number of carbonyl (C=O) groups excluding carboxylic acids is 2. The lowest BCUT2D eigenvalue weighted by Gasteiger charge is -2.21. The van der Waals surface area contributed by atoms with Crippen molar-refractivity contribution in [1.29, 1.82) is 0 Å². The first kappa shape index (κ1) is 25.0. The Balaban J connectivity index is 1.43. The van der Waals surface area contributed by atoms with Crippen molar-refractivity contribution in [2.24, 2.45) is 5.92 Å². The van der Waals surface area contributed by atoms with E-state index >= 15 is 0 Å². The summed E-state index contributed by atoms with van der Waals surface area (Å²) in [6.07, 6.45) is 3.42. The van der Waals surface area contributed by atoms with Gasteiger partial charge in [-0.25, -0.2) is 9.78 Å². The van der Waals surface area contributed by atoms with Crippen LogP contribution in [0.1, 0.15) is 37.8 Å². The highest BCUT2D eigenvalue weighted by atomic mass is 35.5. The Morgan fingerprint density at radius 1 is 1.03 bits per heavy atom. The molecule has 1 heterocycles. The van der Waals surface area contributed by atoms with Crippen LogP contribution in [0.2, 0.25) is 5.02 Å². The van der Waals surface area contributed by atoms with Gasteiger partial charge in [-0.1, -0.05) is 31.5 Å². The zero-order valence-corrected chi connectivity index (χ0v) is 21.7. The molecule has 0 saturated heterocycles. The Bertz CT molecular complexity index is 1270. The van der Waals surface area contributed by atoms with Crippen LogP contribution >= 0.6 is 20.8 Å². The Hall–Kier alpha value is -3.15. The molecular weight excluding hydrogens is 483 g/mol. The largest absolute Gasteiger partial charge is 0.457 e. The maximum atomic E-state index is 12.7. The monoisotopic (exact) mass is 510 g/mol. The maximum absolute atomic E-state index is 12.7. The van der Waals surface area contributed by atoms with Gasteiger partial charge in [0.05, 0.1) is 0 Å². The van der Waals surface area contributed by atoms with E-state index in [1.54, 1.807) is 36.5 Å². The molecule has 0 spiro atoms. The van der Waals surface area contributed by atoms with Gasteiger partial charge in [0.2, 0.25) is 5.91 Å². The van der Waals surface area contributed by atoms with E-state index in [1.807, 2.05) is 39.0 Å². The standard InChI is InChI=1S/C26H28ClN4O3P/c1-15-4-8-18(34-19-10-11-28-23(14-19)31-24(32)16-5-6-16)13-22(15)30-25(33)29-17-7-9-21(27)20(12-17)26(2,3)35/h4,7-14,16H,5-6,35H2,1-3H3,(H,28,31,32)(H2,29,30,33). The van der Waals surface area contributed by atoms with Crippen LogP contribution in [0.25, 0.3) is 0 Å². The van der Waals surface area contributed by atoms with Gasteiger partial charge in [-0.15, -0.1) is 9.24 Å². The molecule has 1 fully saturated rings. The van der Waals surface area contributed by atoms with Gasteiger partial charge in [-0.3, -0.25) is 4.79 Å². The first-order valence-corrected chi connectivity index (χ1v) is 12.3. The lowest BCUT2D eigenvalue weighted by Crippen LogP contribution is -2.20. The fourth-order valence-electron chi connectivity index (χ4n) is 3.43. The predicted octanol–water partition coefficient (Wildman–Crippen LogP) is 6.94. The number of nitrogens with zero attached hydrogens (tertiary/aromatic N) is 1. The van der Waals surface area contributed by atoms with E-state index in [0.29, 0.717) is 33.7 Å². The third-order valence-electron chi connectivity index (χ3n) is 5.54. The van der Waals surface area contributed by atoms with Crippen molar-refractivity contribution in [3.8, 4) is 11.5 Å². The van der Waals surface area contributed by atoms with E-state index in [2.05, 4.69) is 30.2 Å². The molecular formula is C26H28ClN4O3P. The van der Waals surface area contributed by atoms with Crippen LogP contribution in [0.5, 0.6) is 11.5 Å². The van der Waals surface area contributed by atoms with Crippen molar-refractivity contribution in [2.75, 3.05) is 16.0 Å². The van der Waals surface area contributed by atoms with Gasteiger partial charge in [-0.05, 0) is 61.2 Å². The predicted molar refractivity (Wildman–Crippen MR) is 144 cm³/mol.